The van der Waals surface area contributed by atoms with E-state index in [-0.39, 0.29) is 28.4 Å². The van der Waals surface area contributed by atoms with Crippen LogP contribution in [0, 0.1) is 10.1 Å². The molecule has 1 atom stereocenters. The first-order valence-corrected chi connectivity index (χ1v) is 7.04. The summed E-state index contributed by atoms with van der Waals surface area (Å²) in [5, 5.41) is 24.2. The van der Waals surface area contributed by atoms with E-state index in [1.54, 1.807) is 6.92 Å². The predicted octanol–water partition coefficient (Wildman–Crippen LogP) is 2.85. The van der Waals surface area contributed by atoms with Crippen molar-refractivity contribution in [1.29, 1.82) is 0 Å². The van der Waals surface area contributed by atoms with E-state index >= 15 is 0 Å². The number of halogens is 3. The summed E-state index contributed by atoms with van der Waals surface area (Å²) in [5.41, 5.74) is -3.91. The van der Waals surface area contributed by atoms with Crippen LogP contribution in [-0.4, -0.2) is 38.6 Å². The van der Waals surface area contributed by atoms with Crippen molar-refractivity contribution >= 4 is 17.3 Å². The Hall–Kier alpha value is -2.49. The van der Waals surface area contributed by atoms with Crippen LogP contribution in [0.2, 0.25) is 0 Å². The summed E-state index contributed by atoms with van der Waals surface area (Å²) in [5.74, 6) is -1.18. The summed E-state index contributed by atoms with van der Waals surface area (Å²) in [6.45, 7) is 1.73. The number of nitro groups is 1. The molecule has 1 amide bonds. The molecule has 130 valence electrons. The number of hydrazone groups is 1. The van der Waals surface area contributed by atoms with Gasteiger partial charge in [-0.1, -0.05) is 13.3 Å². The molecule has 0 fully saturated rings. The third-order valence-electron chi connectivity index (χ3n) is 3.55. The fourth-order valence-electron chi connectivity index (χ4n) is 2.33. The fraction of sp³-hybridized carbons (Fsp3) is 0.429. The molecule has 0 radical (unpaired) electrons. The van der Waals surface area contributed by atoms with Crippen molar-refractivity contribution in [3.8, 4) is 0 Å². The van der Waals surface area contributed by atoms with E-state index in [4.69, 9.17) is 0 Å². The van der Waals surface area contributed by atoms with Gasteiger partial charge in [-0.3, -0.25) is 14.9 Å². The highest BCUT2D eigenvalue weighted by Crippen LogP contribution is 2.41. The van der Waals surface area contributed by atoms with Gasteiger partial charge in [-0.25, -0.2) is 0 Å². The average molecular weight is 345 g/mol. The second-order valence-corrected chi connectivity index (χ2v) is 5.33. The Kier molecular flexibility index (Phi) is 4.61. The van der Waals surface area contributed by atoms with Gasteiger partial charge in [0.25, 0.3) is 17.3 Å². The monoisotopic (exact) mass is 345 g/mol. The molecule has 0 spiro atoms. The lowest BCUT2D eigenvalue weighted by Gasteiger charge is -2.32. The normalized spacial score (nSPS) is 20.9. The first kappa shape index (κ1) is 17.9. The van der Waals surface area contributed by atoms with E-state index in [0.717, 1.165) is 24.3 Å². The first-order valence-electron chi connectivity index (χ1n) is 7.04. The van der Waals surface area contributed by atoms with Crippen molar-refractivity contribution in [2.75, 3.05) is 0 Å². The average Bonchev–Trinajstić information content (AvgIpc) is 2.85. The van der Waals surface area contributed by atoms with Crippen LogP contribution in [-0.2, 0) is 0 Å². The number of rotatable bonds is 4. The van der Waals surface area contributed by atoms with Gasteiger partial charge in [0.1, 0.15) is 0 Å². The van der Waals surface area contributed by atoms with Crippen molar-refractivity contribution in [2.45, 2.75) is 38.1 Å². The topological polar surface area (TPSA) is 96.0 Å². The highest BCUT2D eigenvalue weighted by molar-refractivity contribution is 5.98. The van der Waals surface area contributed by atoms with Crippen molar-refractivity contribution in [3.63, 3.8) is 0 Å². The Morgan fingerprint density at radius 1 is 1.42 bits per heavy atom. The second kappa shape index (κ2) is 6.19. The number of aliphatic hydroxyl groups is 1. The number of benzene rings is 1. The zero-order chi connectivity index (χ0) is 18.1. The Balaban J connectivity index is 2.38. The maximum absolute atomic E-state index is 13.2. The molecule has 1 aromatic carbocycles. The van der Waals surface area contributed by atoms with E-state index in [9.17, 15) is 33.2 Å². The molecular weight excluding hydrogens is 331 g/mol. The SMILES string of the molecule is CCCC1=NN(C(=O)c2ccc([N+](=O)[O-])cc2)C(O)(C(F)(F)F)C1. The minimum absolute atomic E-state index is 0.0131. The summed E-state index contributed by atoms with van der Waals surface area (Å²) in [6, 6.07) is 4.02. The molecule has 0 aromatic heterocycles. The van der Waals surface area contributed by atoms with Crippen LogP contribution in [0.1, 0.15) is 36.5 Å². The van der Waals surface area contributed by atoms with Gasteiger partial charge in [0, 0.05) is 29.8 Å². The van der Waals surface area contributed by atoms with Crippen molar-refractivity contribution in [2.24, 2.45) is 5.10 Å². The minimum atomic E-state index is -5.09. The van der Waals surface area contributed by atoms with Crippen LogP contribution in [0.25, 0.3) is 0 Å². The number of hydrogen-bond acceptors (Lipinski definition) is 5. The largest absolute Gasteiger partial charge is 0.438 e. The highest BCUT2D eigenvalue weighted by atomic mass is 19.4. The molecule has 1 aliphatic heterocycles. The van der Waals surface area contributed by atoms with Gasteiger partial charge < -0.3 is 5.11 Å². The zero-order valence-electron chi connectivity index (χ0n) is 12.6. The maximum Gasteiger partial charge on any atom is 0.438 e. The summed E-state index contributed by atoms with van der Waals surface area (Å²) in [4.78, 5) is 22.2. The molecule has 1 heterocycles. The van der Waals surface area contributed by atoms with Crippen LogP contribution in [0.5, 0.6) is 0 Å². The van der Waals surface area contributed by atoms with Crippen molar-refractivity contribution in [1.82, 2.24) is 5.01 Å². The standard InChI is InChI=1S/C14H14F3N3O4/c1-2-3-10-8-13(22,14(15,16)17)19(18-10)12(21)9-4-6-11(7-5-9)20(23)24/h4-7,22H,2-3,8H2,1H3. The lowest BCUT2D eigenvalue weighted by atomic mass is 10.0. The summed E-state index contributed by atoms with van der Waals surface area (Å²) in [7, 11) is 0. The Bertz CT molecular complexity index is 688. The number of carbonyl (C=O) groups excluding carboxylic acids is 1. The molecule has 1 N–H and O–H groups in total. The van der Waals surface area contributed by atoms with Crippen LogP contribution >= 0.6 is 0 Å². The van der Waals surface area contributed by atoms with Gasteiger partial charge in [0.2, 0.25) is 0 Å². The third-order valence-corrected chi connectivity index (χ3v) is 3.55. The Morgan fingerprint density at radius 3 is 2.46 bits per heavy atom. The molecule has 2 rings (SSSR count). The number of hydrogen-bond donors (Lipinski definition) is 1. The number of nitrogens with zero attached hydrogens (tertiary/aromatic N) is 3. The number of amides is 1. The van der Waals surface area contributed by atoms with E-state index in [0.29, 0.717) is 6.42 Å². The number of carbonyl (C=O) groups is 1. The molecular formula is C14H14F3N3O4. The molecule has 0 saturated carbocycles. The summed E-state index contributed by atoms with van der Waals surface area (Å²) in [6.07, 6.45) is -5.19. The fourth-order valence-corrected chi connectivity index (χ4v) is 2.33. The van der Waals surface area contributed by atoms with Crippen molar-refractivity contribution in [3.05, 3.63) is 39.9 Å². The number of nitro benzene ring substituents is 1. The van der Waals surface area contributed by atoms with Crippen LogP contribution in [0.4, 0.5) is 18.9 Å². The molecule has 10 heteroatoms. The van der Waals surface area contributed by atoms with Crippen LogP contribution < -0.4 is 0 Å². The quantitative estimate of drug-likeness (QED) is 0.670. The molecule has 0 saturated heterocycles. The number of non-ortho nitro benzene ring substituents is 1. The molecule has 0 aliphatic carbocycles. The highest BCUT2D eigenvalue weighted by Gasteiger charge is 2.63. The molecule has 24 heavy (non-hydrogen) atoms. The van der Waals surface area contributed by atoms with Gasteiger partial charge in [0.15, 0.2) is 0 Å². The van der Waals surface area contributed by atoms with Gasteiger partial charge in [-0.05, 0) is 18.6 Å². The minimum Gasteiger partial charge on any atom is -0.362 e. The number of alkyl halides is 3. The molecule has 0 bridgehead atoms. The zero-order valence-corrected chi connectivity index (χ0v) is 12.6. The Morgan fingerprint density at radius 2 is 2.00 bits per heavy atom. The molecule has 1 aliphatic rings. The third kappa shape index (κ3) is 3.09. The van der Waals surface area contributed by atoms with Gasteiger partial charge in [0.05, 0.1) is 4.92 Å². The molecule has 7 nitrogen and oxygen atoms in total. The van der Waals surface area contributed by atoms with E-state index in [1.165, 1.54) is 0 Å². The summed E-state index contributed by atoms with van der Waals surface area (Å²) < 4.78 is 39.7. The van der Waals surface area contributed by atoms with Gasteiger partial charge >= 0.3 is 6.18 Å². The lowest BCUT2D eigenvalue weighted by molar-refractivity contribution is -0.384. The maximum atomic E-state index is 13.2. The predicted molar refractivity (Wildman–Crippen MR) is 77.2 cm³/mol. The molecule has 1 unspecified atom stereocenters. The van der Waals surface area contributed by atoms with E-state index in [1.807, 2.05) is 0 Å². The molecule has 1 aromatic rings. The Labute approximate surface area is 134 Å². The van der Waals surface area contributed by atoms with E-state index < -0.39 is 29.2 Å². The lowest BCUT2D eigenvalue weighted by Crippen LogP contribution is -2.56. The second-order valence-electron chi connectivity index (χ2n) is 5.33. The van der Waals surface area contributed by atoms with E-state index in [2.05, 4.69) is 5.10 Å². The van der Waals surface area contributed by atoms with Gasteiger partial charge in [-0.15, -0.1) is 0 Å². The van der Waals surface area contributed by atoms with Crippen LogP contribution in [0.15, 0.2) is 29.4 Å². The van der Waals surface area contributed by atoms with Crippen LogP contribution in [0.3, 0.4) is 0 Å². The van der Waals surface area contributed by atoms with Gasteiger partial charge in [-0.2, -0.15) is 23.3 Å². The smallest absolute Gasteiger partial charge is 0.362 e. The summed E-state index contributed by atoms with van der Waals surface area (Å²) >= 11 is 0. The van der Waals surface area contributed by atoms with Crippen molar-refractivity contribution < 1.29 is 28.0 Å². The first-order chi connectivity index (χ1) is 11.1.